The maximum Gasteiger partial charge on any atom is 0.261 e. The van der Waals surface area contributed by atoms with Crippen LogP contribution in [0.5, 0.6) is 0 Å². The van der Waals surface area contributed by atoms with E-state index < -0.39 is 28.1 Å². The topological polar surface area (TPSA) is 102 Å². The largest absolute Gasteiger partial charge is 0.352 e. The summed E-state index contributed by atoms with van der Waals surface area (Å²) >= 11 is 0. The Morgan fingerprint density at radius 2 is 1.56 bits per heavy atom. The second-order valence-electron chi connectivity index (χ2n) is 5.32. The average Bonchev–Trinajstić information content (AvgIpc) is 2.83. The van der Waals surface area contributed by atoms with Crippen LogP contribution in [0.2, 0.25) is 0 Å². The van der Waals surface area contributed by atoms with Crippen LogP contribution in [-0.2, 0) is 19.5 Å². The SMILES string of the molecule is CCOC(CNS(=O)(=O)CCN1C(=O)c2ccccc2C1=O)OCC. The van der Waals surface area contributed by atoms with Crippen molar-refractivity contribution in [1.29, 1.82) is 0 Å². The number of benzene rings is 1. The van der Waals surface area contributed by atoms with E-state index in [9.17, 15) is 18.0 Å². The molecule has 9 heteroatoms. The van der Waals surface area contributed by atoms with Crippen molar-refractivity contribution < 1.29 is 27.5 Å². The second-order valence-corrected chi connectivity index (χ2v) is 7.24. The van der Waals surface area contributed by atoms with E-state index in [1.54, 1.807) is 38.1 Å². The first-order chi connectivity index (χ1) is 11.9. The van der Waals surface area contributed by atoms with Crippen molar-refractivity contribution in [2.75, 3.05) is 32.1 Å². The van der Waals surface area contributed by atoms with Gasteiger partial charge in [0.2, 0.25) is 10.0 Å². The van der Waals surface area contributed by atoms with E-state index >= 15 is 0 Å². The van der Waals surface area contributed by atoms with Crippen molar-refractivity contribution in [3.63, 3.8) is 0 Å². The molecule has 0 radical (unpaired) electrons. The first kappa shape index (κ1) is 19.5. The van der Waals surface area contributed by atoms with Gasteiger partial charge in [-0.1, -0.05) is 12.1 Å². The molecule has 0 aromatic heterocycles. The predicted molar refractivity (Wildman–Crippen MR) is 90.6 cm³/mol. The summed E-state index contributed by atoms with van der Waals surface area (Å²) in [5, 5.41) is 0. The molecule has 1 aromatic rings. The molecule has 0 fully saturated rings. The highest BCUT2D eigenvalue weighted by atomic mass is 32.2. The molecule has 138 valence electrons. The maximum atomic E-state index is 12.2. The lowest BCUT2D eigenvalue weighted by Crippen LogP contribution is -2.40. The molecule has 1 aliphatic rings. The lowest BCUT2D eigenvalue weighted by molar-refractivity contribution is -0.130. The summed E-state index contributed by atoms with van der Waals surface area (Å²) in [5.74, 6) is -1.33. The highest BCUT2D eigenvalue weighted by Crippen LogP contribution is 2.22. The molecule has 0 spiro atoms. The number of hydrogen-bond acceptors (Lipinski definition) is 6. The average molecular weight is 370 g/mol. The normalized spacial score (nSPS) is 14.4. The molecule has 0 bridgehead atoms. The fraction of sp³-hybridized carbons (Fsp3) is 0.500. The summed E-state index contributed by atoms with van der Waals surface area (Å²) in [7, 11) is -3.69. The number of carbonyl (C=O) groups excluding carboxylic acids is 2. The van der Waals surface area contributed by atoms with Gasteiger partial charge in [-0.25, -0.2) is 13.1 Å². The third-order valence-electron chi connectivity index (χ3n) is 3.64. The Morgan fingerprint density at radius 3 is 2.04 bits per heavy atom. The second kappa shape index (κ2) is 8.52. The number of rotatable bonds is 10. The number of ether oxygens (including phenoxy) is 2. The molecule has 1 heterocycles. The van der Waals surface area contributed by atoms with Crippen molar-refractivity contribution in [3.05, 3.63) is 35.4 Å². The Hall–Kier alpha value is -1.81. The van der Waals surface area contributed by atoms with Gasteiger partial charge in [0, 0.05) is 19.8 Å². The van der Waals surface area contributed by atoms with E-state index in [0.29, 0.717) is 24.3 Å². The monoisotopic (exact) mass is 370 g/mol. The van der Waals surface area contributed by atoms with E-state index in [0.717, 1.165) is 4.90 Å². The summed E-state index contributed by atoms with van der Waals surface area (Å²) < 4.78 is 37.1. The number of amides is 2. The Kier molecular flexibility index (Phi) is 6.65. The van der Waals surface area contributed by atoms with Crippen LogP contribution in [0, 0.1) is 0 Å². The van der Waals surface area contributed by atoms with E-state index in [1.807, 2.05) is 0 Å². The van der Waals surface area contributed by atoms with Gasteiger partial charge in [-0.2, -0.15) is 0 Å². The third kappa shape index (κ3) is 4.85. The van der Waals surface area contributed by atoms with Crippen molar-refractivity contribution in [1.82, 2.24) is 9.62 Å². The minimum atomic E-state index is -3.69. The molecule has 1 N–H and O–H groups in total. The van der Waals surface area contributed by atoms with Gasteiger partial charge in [-0.15, -0.1) is 0 Å². The molecule has 1 aromatic carbocycles. The fourth-order valence-electron chi connectivity index (χ4n) is 2.46. The molecule has 2 amide bonds. The Morgan fingerprint density at radius 1 is 1.04 bits per heavy atom. The van der Waals surface area contributed by atoms with Crippen molar-refractivity contribution in [2.24, 2.45) is 0 Å². The predicted octanol–water partition coefficient (Wildman–Crippen LogP) is 0.601. The summed E-state index contributed by atoms with van der Waals surface area (Å²) in [5.41, 5.74) is 0.594. The first-order valence-electron chi connectivity index (χ1n) is 8.05. The number of nitrogens with one attached hydrogen (secondary N) is 1. The number of carbonyl (C=O) groups is 2. The van der Waals surface area contributed by atoms with Crippen LogP contribution < -0.4 is 4.72 Å². The number of hydrogen-bond donors (Lipinski definition) is 1. The minimum Gasteiger partial charge on any atom is -0.352 e. The van der Waals surface area contributed by atoms with Gasteiger partial charge >= 0.3 is 0 Å². The molecule has 8 nitrogen and oxygen atoms in total. The molecule has 25 heavy (non-hydrogen) atoms. The van der Waals surface area contributed by atoms with Gasteiger partial charge < -0.3 is 9.47 Å². The number of sulfonamides is 1. The molecule has 0 unspecified atom stereocenters. The van der Waals surface area contributed by atoms with Gasteiger partial charge in [0.1, 0.15) is 0 Å². The smallest absolute Gasteiger partial charge is 0.261 e. The van der Waals surface area contributed by atoms with Crippen LogP contribution in [0.1, 0.15) is 34.6 Å². The third-order valence-corrected chi connectivity index (χ3v) is 4.96. The maximum absolute atomic E-state index is 12.2. The van der Waals surface area contributed by atoms with Gasteiger partial charge in [0.15, 0.2) is 6.29 Å². The molecule has 0 saturated heterocycles. The molecule has 1 aliphatic heterocycles. The standard InChI is InChI=1S/C16H22N2O6S/c1-3-23-14(24-4-2)11-17-25(21,22)10-9-18-15(19)12-7-5-6-8-13(12)16(18)20/h5-8,14,17H,3-4,9-11H2,1-2H3. The van der Waals surface area contributed by atoms with E-state index in [1.165, 1.54) is 0 Å². The summed E-state index contributed by atoms with van der Waals surface area (Å²) in [6, 6.07) is 6.43. The van der Waals surface area contributed by atoms with Crippen LogP contribution in [0.25, 0.3) is 0 Å². The quantitative estimate of drug-likeness (QED) is 0.478. The van der Waals surface area contributed by atoms with Crippen LogP contribution in [0.15, 0.2) is 24.3 Å². The Labute approximate surface area is 147 Å². The van der Waals surface area contributed by atoms with E-state index in [-0.39, 0.29) is 18.8 Å². The molecule has 0 saturated carbocycles. The van der Waals surface area contributed by atoms with Crippen LogP contribution in [-0.4, -0.2) is 63.5 Å². The molecular weight excluding hydrogens is 348 g/mol. The van der Waals surface area contributed by atoms with Crippen LogP contribution >= 0.6 is 0 Å². The zero-order chi connectivity index (χ0) is 18.4. The minimum absolute atomic E-state index is 0.0356. The molecule has 0 atom stereocenters. The first-order valence-corrected chi connectivity index (χ1v) is 9.70. The van der Waals surface area contributed by atoms with E-state index in [4.69, 9.17) is 9.47 Å². The lowest BCUT2D eigenvalue weighted by Gasteiger charge is -2.18. The molecular formula is C16H22N2O6S. The van der Waals surface area contributed by atoms with Crippen molar-refractivity contribution in [3.8, 4) is 0 Å². The zero-order valence-electron chi connectivity index (χ0n) is 14.2. The summed E-state index contributed by atoms with van der Waals surface area (Å²) in [4.78, 5) is 25.4. The zero-order valence-corrected chi connectivity index (χ0v) is 15.0. The van der Waals surface area contributed by atoms with E-state index in [2.05, 4.69) is 4.72 Å². The van der Waals surface area contributed by atoms with Gasteiger partial charge in [0.25, 0.3) is 11.8 Å². The van der Waals surface area contributed by atoms with Gasteiger partial charge in [-0.3, -0.25) is 14.5 Å². The highest BCUT2D eigenvalue weighted by Gasteiger charge is 2.35. The summed E-state index contributed by atoms with van der Waals surface area (Å²) in [6.45, 7) is 4.09. The number of imide groups is 1. The van der Waals surface area contributed by atoms with Crippen LogP contribution in [0.4, 0.5) is 0 Å². The lowest BCUT2D eigenvalue weighted by atomic mass is 10.1. The van der Waals surface area contributed by atoms with Gasteiger partial charge in [-0.05, 0) is 26.0 Å². The van der Waals surface area contributed by atoms with Gasteiger partial charge in [0.05, 0.1) is 23.4 Å². The molecule has 0 aliphatic carbocycles. The molecule has 2 rings (SSSR count). The van der Waals surface area contributed by atoms with Crippen molar-refractivity contribution >= 4 is 21.8 Å². The Balaban J connectivity index is 1.92. The fourth-order valence-corrected chi connectivity index (χ4v) is 3.42. The number of nitrogens with zero attached hydrogens (tertiary/aromatic N) is 1. The van der Waals surface area contributed by atoms with Crippen molar-refractivity contribution in [2.45, 2.75) is 20.1 Å². The number of fused-ring (bicyclic) bond motifs is 1. The van der Waals surface area contributed by atoms with Crippen LogP contribution in [0.3, 0.4) is 0 Å². The Bertz CT molecular complexity index is 693. The summed E-state index contributed by atoms with van der Waals surface area (Å²) in [6.07, 6.45) is -0.677. The highest BCUT2D eigenvalue weighted by molar-refractivity contribution is 7.89.